The minimum atomic E-state index is -0.613. The van der Waals surface area contributed by atoms with Crippen LogP contribution in [0.3, 0.4) is 0 Å². The molecule has 7 nitrogen and oxygen atoms in total. The normalized spacial score (nSPS) is 34.5. The van der Waals surface area contributed by atoms with Gasteiger partial charge < -0.3 is 21.1 Å². The number of aromatic nitrogens is 1. The Bertz CT molecular complexity index is 782. The van der Waals surface area contributed by atoms with E-state index in [9.17, 15) is 14.7 Å². The summed E-state index contributed by atoms with van der Waals surface area (Å²) in [5, 5.41) is 12.3. The van der Waals surface area contributed by atoms with Gasteiger partial charge in [-0.3, -0.25) is 9.59 Å². The average Bonchev–Trinajstić information content (AvgIpc) is 2.59. The number of aryl methyl sites for hydroxylation is 1. The summed E-state index contributed by atoms with van der Waals surface area (Å²) in [7, 11) is 0. The fourth-order valence-electron chi connectivity index (χ4n) is 5.46. The van der Waals surface area contributed by atoms with Gasteiger partial charge in [0, 0.05) is 12.6 Å². The lowest BCUT2D eigenvalue weighted by Crippen LogP contribution is -2.59. The number of pyridine rings is 1. The van der Waals surface area contributed by atoms with Crippen LogP contribution in [-0.4, -0.2) is 45.5 Å². The molecule has 1 aromatic rings. The number of likely N-dealkylation sites (tertiary alicyclic amines) is 1. The molecule has 2 amide bonds. The molecule has 4 N–H and O–H groups in total. The average molecular weight is 386 g/mol. The number of nitrogens with one attached hydrogen (secondary N) is 1. The third-order valence-electron chi connectivity index (χ3n) is 6.97. The fraction of sp³-hybridized carbons (Fsp3) is 0.667. The molecule has 7 heteroatoms. The fourth-order valence-corrected chi connectivity index (χ4v) is 5.46. The van der Waals surface area contributed by atoms with Crippen molar-refractivity contribution in [1.82, 2.24) is 9.88 Å². The maximum absolute atomic E-state index is 13.0. The molecule has 152 valence electrons. The lowest BCUT2D eigenvalue weighted by atomic mass is 9.49. The minimum absolute atomic E-state index is 0.129. The molecule has 3 fully saturated rings. The lowest BCUT2D eigenvalue weighted by Gasteiger charge is -2.60. The molecule has 2 heterocycles. The molecule has 0 radical (unpaired) electrons. The summed E-state index contributed by atoms with van der Waals surface area (Å²) in [6, 6.07) is 1.85. The van der Waals surface area contributed by atoms with Crippen molar-refractivity contribution in [2.24, 2.45) is 17.3 Å². The standard InChI is InChI=1S/C21H30N4O3/c1-12-3-4-17(14-6-21(7-14)8-16(26)9-21)25(11-12)20(28)19(27)24-15-5-13(2)18(22)23-10-15/h5,10,12,14,16-17,26H,3-4,6-9,11H2,1-2H3,(H2,22,23)(H,24,27)/t12-,14?,16?,17+,21?/m1/s1. The quantitative estimate of drug-likeness (QED) is 0.675. The molecule has 0 bridgehead atoms. The van der Waals surface area contributed by atoms with Crippen molar-refractivity contribution in [3.63, 3.8) is 0 Å². The number of anilines is 2. The summed E-state index contributed by atoms with van der Waals surface area (Å²) >= 11 is 0. The van der Waals surface area contributed by atoms with Crippen LogP contribution in [0.4, 0.5) is 11.5 Å². The number of nitrogens with two attached hydrogens (primary N) is 1. The molecule has 1 spiro atoms. The van der Waals surface area contributed by atoms with E-state index in [2.05, 4.69) is 17.2 Å². The Morgan fingerprint density at radius 2 is 2.00 bits per heavy atom. The van der Waals surface area contributed by atoms with E-state index in [-0.39, 0.29) is 12.1 Å². The molecule has 1 aliphatic heterocycles. The molecule has 1 aromatic heterocycles. The monoisotopic (exact) mass is 386 g/mol. The predicted molar refractivity (Wildman–Crippen MR) is 106 cm³/mol. The van der Waals surface area contributed by atoms with Gasteiger partial charge in [-0.2, -0.15) is 0 Å². The second-order valence-electron chi connectivity index (χ2n) is 9.32. The van der Waals surface area contributed by atoms with Crippen LogP contribution >= 0.6 is 0 Å². The predicted octanol–water partition coefficient (Wildman–Crippen LogP) is 2.09. The number of piperidine rings is 1. The number of hydrogen-bond acceptors (Lipinski definition) is 5. The van der Waals surface area contributed by atoms with Crippen molar-refractivity contribution >= 4 is 23.3 Å². The van der Waals surface area contributed by atoms with Crippen LogP contribution in [0.1, 0.15) is 51.0 Å². The van der Waals surface area contributed by atoms with Gasteiger partial charge in [0.1, 0.15) is 5.82 Å². The second-order valence-corrected chi connectivity index (χ2v) is 9.32. The Labute approximate surface area is 165 Å². The van der Waals surface area contributed by atoms with E-state index >= 15 is 0 Å². The third-order valence-corrected chi connectivity index (χ3v) is 6.97. The third kappa shape index (κ3) is 3.48. The van der Waals surface area contributed by atoms with Crippen LogP contribution in [0.5, 0.6) is 0 Å². The van der Waals surface area contributed by atoms with Gasteiger partial charge in [-0.05, 0) is 74.3 Å². The summed E-state index contributed by atoms with van der Waals surface area (Å²) < 4.78 is 0. The van der Waals surface area contributed by atoms with E-state index in [4.69, 9.17) is 5.73 Å². The highest BCUT2D eigenvalue weighted by atomic mass is 16.3. The van der Waals surface area contributed by atoms with Gasteiger partial charge in [0.05, 0.1) is 18.0 Å². The zero-order valence-electron chi connectivity index (χ0n) is 16.6. The molecule has 2 aliphatic carbocycles. The Hall–Kier alpha value is -2.15. The van der Waals surface area contributed by atoms with Gasteiger partial charge in [-0.1, -0.05) is 6.92 Å². The van der Waals surface area contributed by atoms with Crippen molar-refractivity contribution < 1.29 is 14.7 Å². The molecule has 1 saturated heterocycles. The van der Waals surface area contributed by atoms with Crippen molar-refractivity contribution in [1.29, 1.82) is 0 Å². The summed E-state index contributed by atoms with van der Waals surface area (Å²) in [6.45, 7) is 4.57. The molecule has 2 saturated carbocycles. The van der Waals surface area contributed by atoms with Gasteiger partial charge in [0.25, 0.3) is 0 Å². The van der Waals surface area contributed by atoms with Crippen molar-refractivity contribution in [3.05, 3.63) is 17.8 Å². The van der Waals surface area contributed by atoms with E-state index in [0.29, 0.717) is 35.3 Å². The Morgan fingerprint density at radius 3 is 2.64 bits per heavy atom. The molecule has 3 aliphatic rings. The molecule has 4 rings (SSSR count). The number of nitrogen functional groups attached to an aromatic ring is 1. The first-order chi connectivity index (χ1) is 13.3. The highest BCUT2D eigenvalue weighted by Gasteiger charge is 2.55. The second kappa shape index (κ2) is 7.03. The zero-order chi connectivity index (χ0) is 20.1. The van der Waals surface area contributed by atoms with Crippen LogP contribution in [0, 0.1) is 24.2 Å². The largest absolute Gasteiger partial charge is 0.393 e. The Kier molecular flexibility index (Phi) is 4.81. The highest BCUT2D eigenvalue weighted by molar-refractivity contribution is 6.39. The van der Waals surface area contributed by atoms with Crippen molar-refractivity contribution in [3.8, 4) is 0 Å². The molecule has 0 aromatic carbocycles. The lowest BCUT2D eigenvalue weighted by molar-refractivity contribution is -0.157. The Morgan fingerprint density at radius 1 is 1.29 bits per heavy atom. The SMILES string of the molecule is Cc1cc(NC(=O)C(=O)N2C[C@H](C)CC[C@H]2C2CC3(CC(O)C3)C2)cnc1N. The maximum Gasteiger partial charge on any atom is 0.313 e. The first-order valence-electron chi connectivity index (χ1n) is 10.3. The number of aliphatic hydroxyl groups excluding tert-OH is 1. The van der Waals surface area contributed by atoms with Gasteiger partial charge in [-0.15, -0.1) is 0 Å². The van der Waals surface area contributed by atoms with Crippen LogP contribution in [0.2, 0.25) is 0 Å². The Balaban J connectivity index is 1.42. The van der Waals surface area contributed by atoms with E-state index in [1.54, 1.807) is 11.0 Å². The molecule has 0 unspecified atom stereocenters. The summed E-state index contributed by atoms with van der Waals surface area (Å²) in [6.07, 6.45) is 7.28. The van der Waals surface area contributed by atoms with E-state index in [1.807, 2.05) is 6.92 Å². The highest BCUT2D eigenvalue weighted by Crippen LogP contribution is 2.60. The summed E-state index contributed by atoms with van der Waals surface area (Å²) in [5.41, 5.74) is 7.26. The topological polar surface area (TPSA) is 109 Å². The number of nitrogens with zero attached hydrogens (tertiary/aromatic N) is 2. The number of hydrogen-bond donors (Lipinski definition) is 3. The zero-order valence-corrected chi connectivity index (χ0v) is 16.6. The van der Waals surface area contributed by atoms with Crippen LogP contribution < -0.4 is 11.1 Å². The van der Waals surface area contributed by atoms with Gasteiger partial charge in [0.2, 0.25) is 0 Å². The molecule has 2 atom stereocenters. The molecule has 28 heavy (non-hydrogen) atoms. The number of carbonyl (C=O) groups is 2. The molecular formula is C21H30N4O3. The van der Waals surface area contributed by atoms with E-state index in [0.717, 1.165) is 44.1 Å². The number of aliphatic hydroxyl groups is 1. The number of amides is 2. The minimum Gasteiger partial charge on any atom is -0.393 e. The molecular weight excluding hydrogens is 356 g/mol. The van der Waals surface area contributed by atoms with E-state index in [1.165, 1.54) is 6.20 Å². The van der Waals surface area contributed by atoms with Crippen LogP contribution in [-0.2, 0) is 9.59 Å². The van der Waals surface area contributed by atoms with Crippen LogP contribution in [0.25, 0.3) is 0 Å². The first kappa shape index (κ1) is 19.2. The van der Waals surface area contributed by atoms with Gasteiger partial charge in [-0.25, -0.2) is 4.98 Å². The summed E-state index contributed by atoms with van der Waals surface area (Å²) in [5.74, 6) is 0.179. The van der Waals surface area contributed by atoms with Gasteiger partial charge in [0.15, 0.2) is 0 Å². The number of rotatable bonds is 2. The first-order valence-corrected chi connectivity index (χ1v) is 10.3. The van der Waals surface area contributed by atoms with Crippen molar-refractivity contribution in [2.75, 3.05) is 17.6 Å². The van der Waals surface area contributed by atoms with Gasteiger partial charge >= 0.3 is 11.8 Å². The smallest absolute Gasteiger partial charge is 0.313 e. The van der Waals surface area contributed by atoms with Crippen molar-refractivity contribution in [2.45, 2.75) is 64.5 Å². The van der Waals surface area contributed by atoms with E-state index < -0.39 is 11.8 Å². The van der Waals surface area contributed by atoms with Crippen LogP contribution in [0.15, 0.2) is 12.3 Å². The summed E-state index contributed by atoms with van der Waals surface area (Å²) in [4.78, 5) is 31.4. The number of carbonyl (C=O) groups excluding carboxylic acids is 2. The maximum atomic E-state index is 13.0.